The van der Waals surface area contributed by atoms with Gasteiger partial charge in [0, 0.05) is 6.42 Å². The van der Waals surface area contributed by atoms with Gasteiger partial charge >= 0.3 is 0 Å². The molecule has 1 aliphatic rings. The summed E-state index contributed by atoms with van der Waals surface area (Å²) in [7, 11) is 0. The number of carbonyl (C=O) groups excluding carboxylic acids is 1. The molecule has 0 radical (unpaired) electrons. The van der Waals surface area contributed by atoms with Crippen LogP contribution in [-0.2, 0) is 14.3 Å². The Morgan fingerprint density at radius 1 is 0.507 bits per heavy atom. The molecule has 0 spiro atoms. The van der Waals surface area contributed by atoms with Crippen molar-refractivity contribution in [3.63, 3.8) is 0 Å². The fourth-order valence-corrected chi connectivity index (χ4v) is 9.13. The van der Waals surface area contributed by atoms with Crippen LogP contribution in [-0.4, -0.2) is 87.5 Å². The van der Waals surface area contributed by atoms with Crippen LogP contribution in [0, 0.1) is 0 Å². The van der Waals surface area contributed by atoms with Crippen LogP contribution in [0.2, 0.25) is 0 Å². The molecule has 1 heterocycles. The molecule has 7 unspecified atom stereocenters. The first-order valence-electron chi connectivity index (χ1n) is 28.7. The number of rotatable bonds is 49. The summed E-state index contributed by atoms with van der Waals surface area (Å²) in [6, 6.07) is -0.800. The van der Waals surface area contributed by atoms with Crippen LogP contribution < -0.4 is 5.32 Å². The third-order valence-electron chi connectivity index (χ3n) is 13.7. The third-order valence-corrected chi connectivity index (χ3v) is 13.7. The van der Waals surface area contributed by atoms with Gasteiger partial charge in [0.15, 0.2) is 6.29 Å². The molecule has 1 saturated heterocycles. The third kappa shape index (κ3) is 37.9. The lowest BCUT2D eigenvalue weighted by Crippen LogP contribution is -2.60. The topological polar surface area (TPSA) is 149 Å². The Bertz CT molecular complexity index is 1150. The monoisotopic (exact) mass is 948 g/mol. The van der Waals surface area contributed by atoms with Crippen molar-refractivity contribution < 1.29 is 39.8 Å². The molecular formula is C58H109NO8. The van der Waals surface area contributed by atoms with Gasteiger partial charge < -0.3 is 40.3 Å². The second-order valence-corrected chi connectivity index (χ2v) is 20.1. The summed E-state index contributed by atoms with van der Waals surface area (Å²) in [5.41, 5.74) is 0. The molecular weight excluding hydrogens is 839 g/mol. The van der Waals surface area contributed by atoms with Crippen molar-refractivity contribution >= 4 is 5.91 Å². The van der Waals surface area contributed by atoms with Gasteiger partial charge in [0.2, 0.25) is 5.91 Å². The van der Waals surface area contributed by atoms with Crippen molar-refractivity contribution in [2.24, 2.45) is 0 Å². The summed E-state index contributed by atoms with van der Waals surface area (Å²) in [6.45, 7) is 3.75. The highest BCUT2D eigenvalue weighted by Gasteiger charge is 2.44. The van der Waals surface area contributed by atoms with Gasteiger partial charge in [-0.1, -0.05) is 249 Å². The summed E-state index contributed by atoms with van der Waals surface area (Å²) in [4.78, 5) is 13.0. The maximum Gasteiger partial charge on any atom is 0.220 e. The number of aliphatic hydroxyl groups excluding tert-OH is 5. The lowest BCUT2D eigenvalue weighted by molar-refractivity contribution is -0.302. The summed E-state index contributed by atoms with van der Waals surface area (Å²) in [5.74, 6) is -0.176. The lowest BCUT2D eigenvalue weighted by atomic mass is 9.99. The van der Waals surface area contributed by atoms with Crippen molar-refractivity contribution in [3.05, 3.63) is 36.5 Å². The van der Waals surface area contributed by atoms with E-state index >= 15 is 0 Å². The molecule has 1 fully saturated rings. The molecule has 7 atom stereocenters. The average molecular weight is 949 g/mol. The number of allylic oxidation sites excluding steroid dienone is 5. The Hall–Kier alpha value is -1.59. The van der Waals surface area contributed by atoms with Crippen LogP contribution in [0.1, 0.15) is 271 Å². The van der Waals surface area contributed by atoms with Crippen LogP contribution in [0.4, 0.5) is 0 Å². The van der Waals surface area contributed by atoms with Crippen LogP contribution in [0.25, 0.3) is 0 Å². The molecule has 394 valence electrons. The summed E-state index contributed by atoms with van der Waals surface area (Å²) in [6.07, 6.45) is 55.4. The molecule has 9 heteroatoms. The molecule has 0 saturated carbocycles. The average Bonchev–Trinajstić information content (AvgIpc) is 3.33. The second-order valence-electron chi connectivity index (χ2n) is 20.1. The molecule has 1 amide bonds. The Morgan fingerprint density at radius 3 is 1.28 bits per heavy atom. The van der Waals surface area contributed by atoms with Crippen LogP contribution >= 0.6 is 0 Å². The Kier molecular flexibility index (Phi) is 45.5. The van der Waals surface area contributed by atoms with Crippen LogP contribution in [0.15, 0.2) is 36.5 Å². The summed E-state index contributed by atoms with van der Waals surface area (Å²) in [5, 5.41) is 54.2. The first-order chi connectivity index (χ1) is 32.8. The van der Waals surface area contributed by atoms with Gasteiger partial charge in [0.1, 0.15) is 24.4 Å². The van der Waals surface area contributed by atoms with Crippen LogP contribution in [0.5, 0.6) is 0 Å². The van der Waals surface area contributed by atoms with E-state index in [0.717, 1.165) is 44.9 Å². The quantitative estimate of drug-likeness (QED) is 0.0261. The largest absolute Gasteiger partial charge is 0.394 e. The smallest absolute Gasteiger partial charge is 0.220 e. The van der Waals surface area contributed by atoms with Crippen molar-refractivity contribution in [3.8, 4) is 0 Å². The van der Waals surface area contributed by atoms with E-state index in [-0.39, 0.29) is 12.5 Å². The predicted molar refractivity (Wildman–Crippen MR) is 281 cm³/mol. The van der Waals surface area contributed by atoms with E-state index in [1.807, 2.05) is 6.08 Å². The number of carbonyl (C=O) groups is 1. The minimum Gasteiger partial charge on any atom is -0.394 e. The number of ether oxygens (including phenoxy) is 2. The van der Waals surface area contributed by atoms with Crippen molar-refractivity contribution in [1.29, 1.82) is 0 Å². The molecule has 1 rings (SSSR count). The number of amides is 1. The second kappa shape index (κ2) is 48.1. The van der Waals surface area contributed by atoms with Gasteiger partial charge in [0.25, 0.3) is 0 Å². The molecule has 0 bridgehead atoms. The Morgan fingerprint density at radius 2 is 0.881 bits per heavy atom. The molecule has 9 nitrogen and oxygen atoms in total. The number of hydrogen-bond acceptors (Lipinski definition) is 8. The Labute approximate surface area is 412 Å². The SMILES string of the molecule is CCCCCCC/C=C\C/C=C\CCCCCCCCCCCCCCCCCCCCCCCCCC(=O)NC(COC1OC(CO)C(O)C(O)C1O)C(O)/C=C/CCCCCCCCC. The highest BCUT2D eigenvalue weighted by Crippen LogP contribution is 2.23. The highest BCUT2D eigenvalue weighted by atomic mass is 16.7. The van der Waals surface area contributed by atoms with E-state index in [1.54, 1.807) is 6.08 Å². The highest BCUT2D eigenvalue weighted by molar-refractivity contribution is 5.76. The van der Waals surface area contributed by atoms with E-state index < -0.39 is 49.5 Å². The fourth-order valence-electron chi connectivity index (χ4n) is 9.13. The van der Waals surface area contributed by atoms with E-state index in [4.69, 9.17) is 9.47 Å². The first kappa shape index (κ1) is 63.4. The van der Waals surface area contributed by atoms with E-state index in [1.165, 1.54) is 205 Å². The molecule has 67 heavy (non-hydrogen) atoms. The van der Waals surface area contributed by atoms with Crippen molar-refractivity contribution in [1.82, 2.24) is 5.32 Å². The lowest BCUT2D eigenvalue weighted by Gasteiger charge is -2.40. The number of aliphatic hydroxyl groups is 5. The van der Waals surface area contributed by atoms with Gasteiger partial charge in [-0.25, -0.2) is 0 Å². The normalized spacial score (nSPS) is 19.9. The zero-order valence-electron chi connectivity index (χ0n) is 43.7. The molecule has 0 aromatic rings. The first-order valence-corrected chi connectivity index (χ1v) is 28.7. The molecule has 0 aromatic heterocycles. The van der Waals surface area contributed by atoms with Gasteiger partial charge in [0.05, 0.1) is 25.4 Å². The summed E-state index contributed by atoms with van der Waals surface area (Å²) >= 11 is 0. The van der Waals surface area contributed by atoms with Gasteiger partial charge in [-0.15, -0.1) is 0 Å². The van der Waals surface area contributed by atoms with E-state index in [0.29, 0.717) is 6.42 Å². The molecule has 6 N–H and O–H groups in total. The number of nitrogens with one attached hydrogen (secondary N) is 1. The van der Waals surface area contributed by atoms with Crippen molar-refractivity contribution in [2.45, 2.75) is 314 Å². The maximum atomic E-state index is 13.0. The number of unbranched alkanes of at least 4 members (excludes halogenated alkanes) is 35. The van der Waals surface area contributed by atoms with Gasteiger partial charge in [-0.3, -0.25) is 4.79 Å². The molecule has 0 aliphatic carbocycles. The van der Waals surface area contributed by atoms with E-state index in [9.17, 15) is 30.3 Å². The zero-order valence-corrected chi connectivity index (χ0v) is 43.7. The molecule has 0 aromatic carbocycles. The molecule has 1 aliphatic heterocycles. The van der Waals surface area contributed by atoms with Gasteiger partial charge in [-0.2, -0.15) is 0 Å². The van der Waals surface area contributed by atoms with E-state index in [2.05, 4.69) is 43.5 Å². The fraction of sp³-hybridized carbons (Fsp3) is 0.879. The number of hydrogen-bond donors (Lipinski definition) is 6. The zero-order chi connectivity index (χ0) is 48.7. The Balaban J connectivity index is 2.03. The minimum absolute atomic E-state index is 0.176. The van der Waals surface area contributed by atoms with Crippen LogP contribution in [0.3, 0.4) is 0 Å². The standard InChI is InChI=1S/C58H109NO8/c1-3-5-7-9-11-13-14-15-16-17-18-19-20-21-22-23-24-25-26-27-28-29-30-31-32-33-34-35-36-37-38-40-42-44-46-48-54(62)59-51(52(61)47-45-43-41-39-12-10-8-6-4-2)50-66-58-57(65)56(64)55(63)53(49-60)67-58/h14-15,17-18,45,47,51-53,55-58,60-61,63-65H,3-13,16,19-44,46,48-50H2,1-2H3,(H,59,62)/b15-14-,18-17-,47-45+. The minimum atomic E-state index is -1.56. The van der Waals surface area contributed by atoms with Gasteiger partial charge in [-0.05, 0) is 51.4 Å². The van der Waals surface area contributed by atoms with Crippen molar-refractivity contribution in [2.75, 3.05) is 13.2 Å². The predicted octanol–water partition coefficient (Wildman–Crippen LogP) is 14.0. The maximum absolute atomic E-state index is 13.0. The summed E-state index contributed by atoms with van der Waals surface area (Å²) < 4.78 is 11.2.